The molecule has 0 N–H and O–H groups in total. The maximum absolute atomic E-state index is 12.5. The molecule has 4 aliphatic carbocycles. The number of nitrogens with zero attached hydrogens (tertiary/aromatic N) is 3. The van der Waals surface area contributed by atoms with E-state index in [1.807, 2.05) is 0 Å². The van der Waals surface area contributed by atoms with Crippen LogP contribution in [0.15, 0.2) is 0 Å². The fraction of sp³-hybridized carbons (Fsp3) is 0.912. The lowest BCUT2D eigenvalue weighted by atomic mass is 9.44. The van der Waals surface area contributed by atoms with Gasteiger partial charge in [0.05, 0.1) is 27.2 Å². The molecule has 0 radical (unpaired) electrons. The Bertz CT molecular complexity index is 1060. The van der Waals surface area contributed by atoms with Gasteiger partial charge >= 0.3 is 11.9 Å². The molecular weight excluding hydrogens is 530 g/mol. The molecule has 0 bridgehead atoms. The predicted molar refractivity (Wildman–Crippen MR) is 160 cm³/mol. The van der Waals surface area contributed by atoms with Crippen LogP contribution in [-0.4, -0.2) is 110 Å². The van der Waals surface area contributed by atoms with Crippen LogP contribution in [0.3, 0.4) is 0 Å². The highest BCUT2D eigenvalue weighted by molar-refractivity contribution is 5.79. The number of quaternary nitrogens is 1. The van der Waals surface area contributed by atoms with Crippen molar-refractivity contribution in [3.8, 4) is 0 Å². The highest BCUT2D eigenvalue weighted by atomic mass is 16.5. The Labute approximate surface area is 253 Å². The van der Waals surface area contributed by atoms with Crippen LogP contribution in [0.2, 0.25) is 0 Å². The van der Waals surface area contributed by atoms with Crippen LogP contribution in [0.25, 0.3) is 0 Å². The molecule has 0 aromatic carbocycles. The molecule has 42 heavy (non-hydrogen) atoms. The maximum atomic E-state index is 12.5. The summed E-state index contributed by atoms with van der Waals surface area (Å²) < 4.78 is 13.4. The van der Waals surface area contributed by atoms with E-state index in [1.165, 1.54) is 19.3 Å². The zero-order valence-electron chi connectivity index (χ0n) is 27.1. The molecule has 2 heterocycles. The molecule has 6 rings (SSSR count). The fourth-order valence-corrected chi connectivity index (χ4v) is 11.1. The summed E-state index contributed by atoms with van der Waals surface area (Å²) in [7, 11) is 4.65. The first-order valence-electron chi connectivity index (χ1n) is 17.0. The minimum atomic E-state index is -0.183. The zero-order chi connectivity index (χ0) is 30.0. The van der Waals surface area contributed by atoms with Crippen LogP contribution >= 0.6 is 0 Å². The van der Waals surface area contributed by atoms with E-state index in [0.717, 1.165) is 69.4 Å². The Balaban J connectivity index is 1.26. The van der Waals surface area contributed by atoms with Crippen LogP contribution in [0, 0.1) is 34.5 Å². The molecule has 8 heteroatoms. The number of piperazine rings is 1. The number of esters is 2. The average Bonchev–Trinajstić information content (AvgIpc) is 3.20. The molecule has 0 aromatic heterocycles. The first-order chi connectivity index (χ1) is 19.8. The number of hydrogen-bond acceptors (Lipinski definition) is 7. The summed E-state index contributed by atoms with van der Waals surface area (Å²) in [6, 6.07) is 0.502. The number of ketones is 1. The Morgan fingerprint density at radius 1 is 0.810 bits per heavy atom. The molecule has 6 aliphatic rings. The van der Waals surface area contributed by atoms with Gasteiger partial charge in [-0.15, -0.1) is 0 Å². The van der Waals surface area contributed by atoms with Crippen molar-refractivity contribution in [2.45, 2.75) is 110 Å². The second-order valence-corrected chi connectivity index (χ2v) is 16.2. The van der Waals surface area contributed by atoms with E-state index in [1.54, 1.807) is 13.8 Å². The van der Waals surface area contributed by atoms with Gasteiger partial charge in [0, 0.05) is 70.4 Å². The largest absolute Gasteiger partial charge is 0.461 e. The summed E-state index contributed by atoms with van der Waals surface area (Å²) in [5, 5.41) is 0. The van der Waals surface area contributed by atoms with Crippen molar-refractivity contribution >= 4 is 17.7 Å². The lowest BCUT2D eigenvalue weighted by molar-refractivity contribution is -0.894. The first kappa shape index (κ1) is 30.5. The van der Waals surface area contributed by atoms with Gasteiger partial charge in [0.15, 0.2) is 0 Å². The van der Waals surface area contributed by atoms with E-state index in [4.69, 9.17) is 9.47 Å². The fourth-order valence-electron chi connectivity index (χ4n) is 11.1. The number of hydrogen-bond donors (Lipinski definition) is 0. The third kappa shape index (κ3) is 5.36. The third-order valence-electron chi connectivity index (χ3n) is 13.5. The van der Waals surface area contributed by atoms with Crippen LogP contribution in [-0.2, 0) is 23.9 Å². The van der Waals surface area contributed by atoms with E-state index >= 15 is 0 Å². The van der Waals surface area contributed by atoms with E-state index in [0.29, 0.717) is 48.3 Å². The second kappa shape index (κ2) is 11.1. The number of ether oxygens (including phenoxy) is 2. The number of likely N-dealkylation sites (N-methyl/N-ethyl adjacent to an activating group) is 1. The zero-order valence-corrected chi connectivity index (χ0v) is 27.1. The van der Waals surface area contributed by atoms with E-state index in [9.17, 15) is 14.4 Å². The van der Waals surface area contributed by atoms with E-state index < -0.39 is 0 Å². The van der Waals surface area contributed by atoms with Crippen LogP contribution in [0.1, 0.15) is 85.5 Å². The highest BCUT2D eigenvalue weighted by Crippen LogP contribution is 2.67. The summed E-state index contributed by atoms with van der Waals surface area (Å²) in [6.07, 6.45) is 8.95. The van der Waals surface area contributed by atoms with Gasteiger partial charge < -0.3 is 14.0 Å². The molecule has 4 saturated carbocycles. The van der Waals surface area contributed by atoms with Crippen LogP contribution in [0.4, 0.5) is 0 Å². The first-order valence-corrected chi connectivity index (χ1v) is 17.0. The van der Waals surface area contributed by atoms with Gasteiger partial charge in [0.2, 0.25) is 0 Å². The molecule has 2 aliphatic heterocycles. The molecule has 10 atom stereocenters. The lowest BCUT2D eigenvalue weighted by Crippen LogP contribution is -2.61. The molecule has 8 nitrogen and oxygen atoms in total. The van der Waals surface area contributed by atoms with Gasteiger partial charge in [-0.25, -0.2) is 0 Å². The maximum Gasteiger partial charge on any atom is 0.302 e. The van der Waals surface area contributed by atoms with Crippen molar-refractivity contribution in [3.05, 3.63) is 0 Å². The summed E-state index contributed by atoms with van der Waals surface area (Å²) in [4.78, 5) is 41.9. The molecule has 236 valence electrons. The van der Waals surface area contributed by atoms with Gasteiger partial charge in [-0.3, -0.25) is 24.2 Å². The van der Waals surface area contributed by atoms with Crippen molar-refractivity contribution in [2.24, 2.45) is 34.5 Å². The number of fused-ring (bicyclic) bond motifs is 5. The predicted octanol–water partition coefficient (Wildman–Crippen LogP) is 3.91. The number of Topliss-reactive ketones (excluding diaryl/α,β-unsaturated/α-hetero) is 1. The normalized spacial score (nSPS) is 45.8. The molecule has 2 saturated heterocycles. The lowest BCUT2D eigenvalue weighted by Gasteiger charge is -2.62. The summed E-state index contributed by atoms with van der Waals surface area (Å²) in [5.74, 6) is 2.42. The Kier molecular flexibility index (Phi) is 8.09. The number of likely N-dealkylation sites (tertiary alicyclic amines) is 1. The average molecular weight is 587 g/mol. The second-order valence-electron chi connectivity index (χ2n) is 16.2. The number of piperidine rings is 1. The number of carbonyl (C=O) groups excluding carboxylic acids is 3. The van der Waals surface area contributed by atoms with Crippen molar-refractivity contribution in [1.82, 2.24) is 9.80 Å². The summed E-state index contributed by atoms with van der Waals surface area (Å²) >= 11 is 0. The van der Waals surface area contributed by atoms with Gasteiger partial charge in [-0.2, -0.15) is 0 Å². The smallest absolute Gasteiger partial charge is 0.302 e. The Morgan fingerprint density at radius 2 is 1.45 bits per heavy atom. The topological polar surface area (TPSA) is 76.2 Å². The number of rotatable bonds is 4. The van der Waals surface area contributed by atoms with Gasteiger partial charge in [-0.1, -0.05) is 13.8 Å². The molecule has 0 aromatic rings. The molecular formula is C34H56N3O5+. The molecule has 0 spiro atoms. The third-order valence-corrected chi connectivity index (χ3v) is 13.5. The summed E-state index contributed by atoms with van der Waals surface area (Å²) in [5.41, 5.74) is 0.207. The van der Waals surface area contributed by atoms with Gasteiger partial charge in [0.1, 0.15) is 18.0 Å². The van der Waals surface area contributed by atoms with Gasteiger partial charge in [-0.05, 0) is 74.0 Å². The minimum absolute atomic E-state index is 0.0180. The van der Waals surface area contributed by atoms with Crippen molar-refractivity contribution in [2.75, 3.05) is 53.4 Å². The molecule has 3 unspecified atom stereocenters. The van der Waals surface area contributed by atoms with E-state index in [-0.39, 0.29) is 41.0 Å². The van der Waals surface area contributed by atoms with Crippen LogP contribution in [0.5, 0.6) is 0 Å². The standard InChI is InChI=1S/C34H56N3O5/c1-22(38)41-31-19-24-7-8-26-27(34(24,4)21-30(31)35-13-10-25(40)11-14-35)9-12-33(3)28(26)20-29(32(33)42-23(2)39)36-15-17-37(5,6)18-16-36/h24,26-32H,7-21H2,1-6H3/q+1/t24-,26?,27?,28?,29-,30-,31-,32-,33-,34-/m0/s1. The van der Waals surface area contributed by atoms with Crippen molar-refractivity contribution < 1.29 is 28.3 Å². The number of carbonyl (C=O) groups is 3. The monoisotopic (exact) mass is 586 g/mol. The summed E-state index contributed by atoms with van der Waals surface area (Å²) in [6.45, 7) is 14.1. The molecule has 0 amide bonds. The Hall–Kier alpha value is -1.51. The van der Waals surface area contributed by atoms with E-state index in [2.05, 4.69) is 37.7 Å². The van der Waals surface area contributed by atoms with Crippen molar-refractivity contribution in [1.29, 1.82) is 0 Å². The van der Waals surface area contributed by atoms with Crippen LogP contribution < -0.4 is 0 Å². The van der Waals surface area contributed by atoms with Crippen molar-refractivity contribution in [3.63, 3.8) is 0 Å². The highest BCUT2D eigenvalue weighted by Gasteiger charge is 2.65. The SMILES string of the molecule is CC(=O)O[C@H]1C[C@@H]2CCC3C4C[C@H](N5CC[N+](C)(C)CC5)[C@H](OC(C)=O)[C@@]4(C)CCC3[C@@]2(C)C[C@@H]1N1CCC(=O)CC1. The minimum Gasteiger partial charge on any atom is -0.461 e. The quantitative estimate of drug-likeness (QED) is 0.365. The molecule has 6 fully saturated rings. The van der Waals surface area contributed by atoms with Gasteiger partial charge in [0.25, 0.3) is 0 Å². The Morgan fingerprint density at radius 3 is 2.10 bits per heavy atom.